The number of piperidine rings is 1. The van der Waals surface area contributed by atoms with Gasteiger partial charge in [-0.2, -0.15) is 0 Å². The van der Waals surface area contributed by atoms with E-state index in [0.29, 0.717) is 22.7 Å². The van der Waals surface area contributed by atoms with Gasteiger partial charge < -0.3 is 19.7 Å². The molecule has 0 radical (unpaired) electrons. The molecule has 1 fully saturated rings. The molecule has 0 spiro atoms. The number of benzene rings is 2. The second-order valence-electron chi connectivity index (χ2n) is 6.64. The van der Waals surface area contributed by atoms with Crippen molar-refractivity contribution < 1.29 is 18.7 Å². The van der Waals surface area contributed by atoms with Gasteiger partial charge in [0.1, 0.15) is 17.3 Å². The van der Waals surface area contributed by atoms with Crippen molar-refractivity contribution in [2.24, 2.45) is 0 Å². The molecule has 1 aliphatic rings. The summed E-state index contributed by atoms with van der Waals surface area (Å²) in [6.07, 6.45) is 6.45. The fraction of sp³-hybridized carbons (Fsp3) is 0.318. The van der Waals surface area contributed by atoms with Gasteiger partial charge in [-0.3, -0.25) is 4.79 Å². The van der Waals surface area contributed by atoms with Crippen LogP contribution in [-0.4, -0.2) is 33.2 Å². The Kier molecular flexibility index (Phi) is 6.53. The maximum absolute atomic E-state index is 13.8. The molecular formula is C22H25FN2O3. The second kappa shape index (κ2) is 9.26. The molecule has 1 amide bonds. The molecule has 2 aromatic rings. The van der Waals surface area contributed by atoms with Crippen LogP contribution in [0.2, 0.25) is 0 Å². The number of carbonyl (C=O) groups excluding carboxylic acids is 1. The number of rotatable bonds is 6. The summed E-state index contributed by atoms with van der Waals surface area (Å²) in [6, 6.07) is 9.86. The SMILES string of the molecule is COc1ccc(OC)c(/C=C/C(=O)Nc2cc(F)ccc2N2CCCCC2)c1. The van der Waals surface area contributed by atoms with E-state index in [-0.39, 0.29) is 11.7 Å². The highest BCUT2D eigenvalue weighted by Crippen LogP contribution is 2.30. The first-order valence-corrected chi connectivity index (χ1v) is 9.36. The van der Waals surface area contributed by atoms with Crippen LogP contribution in [0.5, 0.6) is 11.5 Å². The van der Waals surface area contributed by atoms with Crippen LogP contribution >= 0.6 is 0 Å². The summed E-state index contributed by atoms with van der Waals surface area (Å²) in [5, 5.41) is 2.81. The number of hydrogen-bond acceptors (Lipinski definition) is 4. The Balaban J connectivity index is 1.78. The Morgan fingerprint density at radius 1 is 1.07 bits per heavy atom. The number of ether oxygens (including phenoxy) is 2. The van der Waals surface area contributed by atoms with Crippen molar-refractivity contribution in [3.63, 3.8) is 0 Å². The highest BCUT2D eigenvalue weighted by molar-refractivity contribution is 6.04. The van der Waals surface area contributed by atoms with E-state index in [4.69, 9.17) is 9.47 Å². The van der Waals surface area contributed by atoms with Crippen LogP contribution in [0.25, 0.3) is 6.08 Å². The van der Waals surface area contributed by atoms with Gasteiger partial charge in [-0.1, -0.05) is 0 Å². The van der Waals surface area contributed by atoms with Crippen LogP contribution < -0.4 is 19.7 Å². The summed E-state index contributed by atoms with van der Waals surface area (Å²) in [5.74, 6) is 0.575. The molecule has 28 heavy (non-hydrogen) atoms. The lowest BCUT2D eigenvalue weighted by Gasteiger charge is -2.30. The lowest BCUT2D eigenvalue weighted by atomic mass is 10.1. The highest BCUT2D eigenvalue weighted by atomic mass is 19.1. The van der Waals surface area contributed by atoms with Crippen molar-refractivity contribution >= 4 is 23.4 Å². The summed E-state index contributed by atoms with van der Waals surface area (Å²) in [6.45, 7) is 1.82. The lowest BCUT2D eigenvalue weighted by Crippen LogP contribution is -2.30. The summed E-state index contributed by atoms with van der Waals surface area (Å²) in [7, 11) is 3.14. The number of anilines is 2. The molecule has 0 saturated carbocycles. The largest absolute Gasteiger partial charge is 0.497 e. The molecule has 3 rings (SSSR count). The maximum atomic E-state index is 13.8. The molecule has 1 aliphatic heterocycles. The third-order valence-electron chi connectivity index (χ3n) is 4.76. The van der Waals surface area contributed by atoms with Crippen molar-refractivity contribution in [3.05, 3.63) is 53.9 Å². The monoisotopic (exact) mass is 384 g/mol. The average Bonchev–Trinajstić information content (AvgIpc) is 2.72. The van der Waals surface area contributed by atoms with Crippen molar-refractivity contribution in [1.82, 2.24) is 0 Å². The fourth-order valence-electron chi connectivity index (χ4n) is 3.33. The zero-order valence-corrected chi connectivity index (χ0v) is 16.2. The van der Waals surface area contributed by atoms with Crippen LogP contribution in [0, 0.1) is 5.82 Å². The first-order chi connectivity index (χ1) is 13.6. The van der Waals surface area contributed by atoms with E-state index in [2.05, 4.69) is 10.2 Å². The number of halogens is 1. The van der Waals surface area contributed by atoms with Crippen molar-refractivity contribution in [2.45, 2.75) is 19.3 Å². The first kappa shape index (κ1) is 19.7. The molecular weight excluding hydrogens is 359 g/mol. The van der Waals surface area contributed by atoms with Crippen LogP contribution in [0.15, 0.2) is 42.5 Å². The smallest absolute Gasteiger partial charge is 0.248 e. The molecule has 2 aromatic carbocycles. The molecule has 0 aliphatic carbocycles. The standard InChI is InChI=1S/C22H25FN2O3/c1-27-18-8-10-21(28-2)16(14-18)6-11-22(26)24-19-15-17(23)7-9-20(19)25-12-4-3-5-13-25/h6-11,14-15H,3-5,12-13H2,1-2H3,(H,24,26)/b11-6+. The number of methoxy groups -OCH3 is 2. The Hall–Kier alpha value is -3.02. The summed E-state index contributed by atoms with van der Waals surface area (Å²) in [5.41, 5.74) is 2.04. The number of hydrogen-bond donors (Lipinski definition) is 1. The van der Waals surface area contributed by atoms with E-state index >= 15 is 0 Å². The van der Waals surface area contributed by atoms with Gasteiger partial charge in [0.15, 0.2) is 0 Å². The van der Waals surface area contributed by atoms with Gasteiger partial charge in [0.05, 0.1) is 25.6 Å². The molecule has 5 nitrogen and oxygen atoms in total. The van der Waals surface area contributed by atoms with Gasteiger partial charge in [0.25, 0.3) is 0 Å². The van der Waals surface area contributed by atoms with Crippen molar-refractivity contribution in [1.29, 1.82) is 0 Å². The normalized spacial score (nSPS) is 14.2. The summed E-state index contributed by atoms with van der Waals surface area (Å²) < 4.78 is 24.3. The Morgan fingerprint density at radius 2 is 1.86 bits per heavy atom. The third kappa shape index (κ3) is 4.82. The van der Waals surface area contributed by atoms with Gasteiger partial charge in [-0.05, 0) is 61.7 Å². The van der Waals surface area contributed by atoms with Crippen LogP contribution in [0.1, 0.15) is 24.8 Å². The van der Waals surface area contributed by atoms with Gasteiger partial charge in [-0.25, -0.2) is 4.39 Å². The predicted octanol–water partition coefficient (Wildman–Crippen LogP) is 4.49. The van der Waals surface area contributed by atoms with E-state index in [1.165, 1.54) is 24.6 Å². The topological polar surface area (TPSA) is 50.8 Å². The molecule has 148 valence electrons. The van der Waals surface area contributed by atoms with Crippen molar-refractivity contribution in [3.8, 4) is 11.5 Å². The second-order valence-corrected chi connectivity index (χ2v) is 6.64. The number of nitrogens with one attached hydrogen (secondary N) is 1. The zero-order valence-electron chi connectivity index (χ0n) is 16.2. The van der Waals surface area contributed by atoms with Gasteiger partial charge in [0.2, 0.25) is 5.91 Å². The van der Waals surface area contributed by atoms with Gasteiger partial charge in [-0.15, -0.1) is 0 Å². The molecule has 0 bridgehead atoms. The van der Waals surface area contributed by atoms with E-state index in [9.17, 15) is 9.18 Å². The lowest BCUT2D eigenvalue weighted by molar-refractivity contribution is -0.111. The molecule has 0 aromatic heterocycles. The molecule has 6 heteroatoms. The van der Waals surface area contributed by atoms with E-state index in [1.807, 2.05) is 0 Å². The minimum absolute atomic E-state index is 0.339. The summed E-state index contributed by atoms with van der Waals surface area (Å²) >= 11 is 0. The molecule has 1 heterocycles. The van der Waals surface area contributed by atoms with E-state index < -0.39 is 0 Å². The molecule has 1 saturated heterocycles. The van der Waals surface area contributed by atoms with Gasteiger partial charge >= 0.3 is 0 Å². The Bertz CT molecular complexity index is 861. The Morgan fingerprint density at radius 3 is 2.57 bits per heavy atom. The van der Waals surface area contributed by atoms with Crippen LogP contribution in [-0.2, 0) is 4.79 Å². The van der Waals surface area contributed by atoms with Gasteiger partial charge in [0, 0.05) is 24.7 Å². The predicted molar refractivity (Wildman–Crippen MR) is 110 cm³/mol. The maximum Gasteiger partial charge on any atom is 0.248 e. The Labute approximate surface area is 164 Å². The van der Waals surface area contributed by atoms with E-state index in [0.717, 1.165) is 31.6 Å². The quantitative estimate of drug-likeness (QED) is 0.746. The minimum atomic E-state index is -0.380. The zero-order chi connectivity index (χ0) is 19.9. The van der Waals surface area contributed by atoms with Crippen LogP contribution in [0.3, 0.4) is 0 Å². The van der Waals surface area contributed by atoms with E-state index in [1.54, 1.807) is 44.6 Å². The van der Waals surface area contributed by atoms with Crippen LogP contribution in [0.4, 0.5) is 15.8 Å². The number of nitrogens with zero attached hydrogens (tertiary/aromatic N) is 1. The number of carbonyl (C=O) groups is 1. The molecule has 0 atom stereocenters. The number of amides is 1. The molecule has 0 unspecified atom stereocenters. The average molecular weight is 384 g/mol. The minimum Gasteiger partial charge on any atom is -0.497 e. The third-order valence-corrected chi connectivity index (χ3v) is 4.76. The van der Waals surface area contributed by atoms with Crippen molar-refractivity contribution in [2.75, 3.05) is 37.5 Å². The molecule has 1 N–H and O–H groups in total. The fourth-order valence-corrected chi connectivity index (χ4v) is 3.33. The highest BCUT2D eigenvalue weighted by Gasteiger charge is 2.16. The first-order valence-electron chi connectivity index (χ1n) is 9.36. The summed E-state index contributed by atoms with van der Waals surface area (Å²) in [4.78, 5) is 14.7.